The van der Waals surface area contributed by atoms with E-state index in [1.807, 2.05) is 31.2 Å². The van der Waals surface area contributed by atoms with Crippen molar-refractivity contribution in [2.75, 3.05) is 6.61 Å². The number of nitrogens with zero attached hydrogens (tertiary/aromatic N) is 1. The van der Waals surface area contributed by atoms with Gasteiger partial charge in [0.2, 0.25) is 0 Å². The fraction of sp³-hybridized carbons (Fsp3) is 0.263. The summed E-state index contributed by atoms with van der Waals surface area (Å²) >= 11 is 0. The number of unbranched alkanes of at least 4 members (excludes halogenated alkanes) is 1. The van der Waals surface area contributed by atoms with Gasteiger partial charge in [-0.1, -0.05) is 30.3 Å². The molecule has 0 saturated carbocycles. The van der Waals surface area contributed by atoms with Crippen LogP contribution in [0.3, 0.4) is 0 Å². The van der Waals surface area contributed by atoms with Crippen LogP contribution in [0.2, 0.25) is 0 Å². The molecule has 0 N–H and O–H groups in total. The molecule has 0 aliphatic heterocycles. The zero-order chi connectivity index (χ0) is 16.9. The minimum absolute atomic E-state index is 0.424. The first-order valence-electron chi connectivity index (χ1n) is 7.98. The molecule has 0 saturated heterocycles. The quantitative estimate of drug-likeness (QED) is 0.653. The molecule has 0 atom stereocenters. The smallest absolute Gasteiger partial charge is 0.422 e. The van der Waals surface area contributed by atoms with Crippen LogP contribution < -0.4 is 16.1 Å². The third-order valence-corrected chi connectivity index (χ3v) is 3.94. The van der Waals surface area contributed by atoms with Crippen LogP contribution in [0.4, 0.5) is 0 Å². The highest BCUT2D eigenvalue weighted by atomic mass is 16.5. The molecule has 2 aromatic carbocycles. The lowest BCUT2D eigenvalue weighted by atomic mass is 10.2. The summed E-state index contributed by atoms with van der Waals surface area (Å²) < 4.78 is 12.0. The number of ether oxygens (including phenoxy) is 1. The molecule has 0 spiro atoms. The van der Waals surface area contributed by atoms with Gasteiger partial charge in [-0.05, 0) is 43.5 Å². The maximum Gasteiger partial charge on any atom is 0.422 e. The van der Waals surface area contributed by atoms with Gasteiger partial charge in [0.05, 0.1) is 17.5 Å². The summed E-state index contributed by atoms with van der Waals surface area (Å²) in [5.74, 6) is 0.268. The second-order valence-electron chi connectivity index (χ2n) is 5.65. The van der Waals surface area contributed by atoms with Gasteiger partial charge in [0.1, 0.15) is 5.75 Å². The van der Waals surface area contributed by atoms with Crippen LogP contribution in [0.1, 0.15) is 18.4 Å². The van der Waals surface area contributed by atoms with Crippen molar-refractivity contribution in [1.29, 1.82) is 0 Å². The zero-order valence-electron chi connectivity index (χ0n) is 13.5. The second-order valence-corrected chi connectivity index (χ2v) is 5.65. The molecular formula is C19H19NO4. The average molecular weight is 325 g/mol. The molecule has 0 unspecified atom stereocenters. The Morgan fingerprint density at radius 1 is 1.00 bits per heavy atom. The van der Waals surface area contributed by atoms with Crippen molar-refractivity contribution in [2.45, 2.75) is 26.3 Å². The number of fused-ring (bicyclic) bond motifs is 1. The van der Waals surface area contributed by atoms with E-state index in [-0.39, 0.29) is 0 Å². The van der Waals surface area contributed by atoms with E-state index in [1.54, 1.807) is 24.3 Å². The Bertz CT molecular complexity index is 955. The Kier molecular flexibility index (Phi) is 4.79. The molecule has 5 nitrogen and oxygen atoms in total. The summed E-state index contributed by atoms with van der Waals surface area (Å²) in [5, 5.41) is 0.424. The van der Waals surface area contributed by atoms with Gasteiger partial charge in [-0.2, -0.15) is 0 Å². The topological polar surface area (TPSA) is 61.4 Å². The van der Waals surface area contributed by atoms with E-state index in [0.717, 1.165) is 24.2 Å². The van der Waals surface area contributed by atoms with Crippen LogP contribution in [-0.2, 0) is 6.54 Å². The van der Waals surface area contributed by atoms with E-state index < -0.39 is 11.4 Å². The molecular weight excluding hydrogens is 306 g/mol. The number of hydrogen-bond donors (Lipinski definition) is 0. The predicted octanol–water partition coefficient (Wildman–Crippen LogP) is 3.12. The monoisotopic (exact) mass is 325 g/mol. The molecule has 3 aromatic rings. The van der Waals surface area contributed by atoms with Gasteiger partial charge in [0, 0.05) is 6.54 Å². The predicted molar refractivity (Wildman–Crippen MR) is 92.7 cm³/mol. The largest absolute Gasteiger partial charge is 0.493 e. The number of aryl methyl sites for hydroxylation is 2. The molecule has 0 radical (unpaired) electrons. The van der Waals surface area contributed by atoms with Gasteiger partial charge in [-0.25, -0.2) is 9.59 Å². The highest BCUT2D eigenvalue weighted by Crippen LogP contribution is 2.16. The summed E-state index contributed by atoms with van der Waals surface area (Å²) in [6.45, 7) is 3.07. The summed E-state index contributed by atoms with van der Waals surface area (Å²) in [5.41, 5.74) is 1.12. The van der Waals surface area contributed by atoms with E-state index in [0.29, 0.717) is 24.1 Å². The Hall–Kier alpha value is -2.82. The molecule has 124 valence electrons. The molecule has 0 fully saturated rings. The van der Waals surface area contributed by atoms with Crippen molar-refractivity contribution >= 4 is 10.9 Å². The fourth-order valence-electron chi connectivity index (χ4n) is 2.65. The van der Waals surface area contributed by atoms with E-state index in [1.165, 1.54) is 4.57 Å². The standard InChI is InChI=1S/C19H19NO4/c1-14-8-2-5-11-17(14)23-13-7-6-12-20-16-10-4-3-9-15(16)18(21)24-19(20)22/h2-5,8-11H,6-7,12-13H2,1H3. The molecule has 0 bridgehead atoms. The number of benzene rings is 2. The minimum Gasteiger partial charge on any atom is -0.493 e. The van der Waals surface area contributed by atoms with Gasteiger partial charge in [0.15, 0.2) is 0 Å². The van der Waals surface area contributed by atoms with Crippen LogP contribution in [0.25, 0.3) is 10.9 Å². The fourth-order valence-corrected chi connectivity index (χ4v) is 2.65. The van der Waals surface area contributed by atoms with E-state index in [2.05, 4.69) is 0 Å². The Morgan fingerprint density at radius 2 is 1.75 bits per heavy atom. The van der Waals surface area contributed by atoms with Crippen molar-refractivity contribution in [2.24, 2.45) is 0 Å². The van der Waals surface area contributed by atoms with E-state index in [4.69, 9.17) is 9.15 Å². The number of hydrogen-bond acceptors (Lipinski definition) is 4. The molecule has 0 aliphatic rings. The Morgan fingerprint density at radius 3 is 2.58 bits per heavy atom. The van der Waals surface area contributed by atoms with Crippen molar-refractivity contribution in [3.8, 4) is 5.75 Å². The van der Waals surface area contributed by atoms with Gasteiger partial charge in [-0.15, -0.1) is 0 Å². The first kappa shape index (κ1) is 16.1. The molecule has 1 heterocycles. The van der Waals surface area contributed by atoms with Crippen LogP contribution in [-0.4, -0.2) is 11.2 Å². The summed E-state index contributed by atoms with van der Waals surface area (Å²) in [7, 11) is 0. The first-order chi connectivity index (χ1) is 11.7. The molecule has 3 rings (SSSR count). The van der Waals surface area contributed by atoms with Crippen molar-refractivity contribution in [1.82, 2.24) is 4.57 Å². The van der Waals surface area contributed by atoms with E-state index >= 15 is 0 Å². The average Bonchev–Trinajstić information content (AvgIpc) is 2.58. The SMILES string of the molecule is Cc1ccccc1OCCCCn1c(=O)oc(=O)c2ccccc21. The molecule has 1 aromatic heterocycles. The molecule has 24 heavy (non-hydrogen) atoms. The summed E-state index contributed by atoms with van der Waals surface area (Å²) in [4.78, 5) is 23.7. The van der Waals surface area contributed by atoms with Crippen molar-refractivity contribution in [3.05, 3.63) is 75.1 Å². The van der Waals surface area contributed by atoms with Crippen LogP contribution in [0, 0.1) is 6.92 Å². The van der Waals surface area contributed by atoms with Crippen molar-refractivity contribution in [3.63, 3.8) is 0 Å². The number of rotatable bonds is 6. The maximum absolute atomic E-state index is 11.9. The van der Waals surface area contributed by atoms with Crippen LogP contribution in [0.15, 0.2) is 62.5 Å². The van der Waals surface area contributed by atoms with Crippen molar-refractivity contribution < 1.29 is 9.15 Å². The van der Waals surface area contributed by atoms with Gasteiger partial charge < -0.3 is 9.15 Å². The minimum atomic E-state index is -0.612. The summed E-state index contributed by atoms with van der Waals surface area (Å²) in [6.07, 6.45) is 1.55. The third kappa shape index (κ3) is 3.40. The lowest BCUT2D eigenvalue weighted by Crippen LogP contribution is -2.25. The number of aromatic nitrogens is 1. The van der Waals surface area contributed by atoms with Gasteiger partial charge in [0.25, 0.3) is 0 Å². The third-order valence-electron chi connectivity index (χ3n) is 3.94. The Labute approximate surface area is 139 Å². The summed E-state index contributed by atoms with van der Waals surface area (Å²) in [6, 6.07) is 14.9. The van der Waals surface area contributed by atoms with Crippen LogP contribution in [0.5, 0.6) is 5.75 Å². The van der Waals surface area contributed by atoms with E-state index in [9.17, 15) is 9.59 Å². The normalized spacial score (nSPS) is 10.9. The highest BCUT2D eigenvalue weighted by Gasteiger charge is 2.08. The highest BCUT2D eigenvalue weighted by molar-refractivity contribution is 5.77. The molecule has 5 heteroatoms. The lowest BCUT2D eigenvalue weighted by Gasteiger charge is -2.10. The maximum atomic E-state index is 11.9. The Balaban J connectivity index is 1.63. The van der Waals surface area contributed by atoms with Gasteiger partial charge >= 0.3 is 11.4 Å². The molecule has 0 amide bonds. The van der Waals surface area contributed by atoms with Gasteiger partial charge in [-0.3, -0.25) is 4.57 Å². The number of para-hydroxylation sites is 2. The zero-order valence-corrected chi connectivity index (χ0v) is 13.5. The second kappa shape index (κ2) is 7.17. The molecule has 0 aliphatic carbocycles. The van der Waals surface area contributed by atoms with Crippen LogP contribution >= 0.6 is 0 Å². The lowest BCUT2D eigenvalue weighted by molar-refractivity contribution is 0.299. The first-order valence-corrected chi connectivity index (χ1v) is 7.98.